The van der Waals surface area contributed by atoms with E-state index in [-0.39, 0.29) is 5.91 Å². The first-order valence-corrected chi connectivity index (χ1v) is 9.95. The second-order valence-electron chi connectivity index (χ2n) is 5.75. The van der Waals surface area contributed by atoms with E-state index in [0.29, 0.717) is 16.6 Å². The van der Waals surface area contributed by atoms with E-state index in [1.54, 1.807) is 10.9 Å². The Kier molecular flexibility index (Phi) is 4.99. The minimum absolute atomic E-state index is 0.170. The Balaban J connectivity index is 1.38. The normalized spacial score (nSPS) is 10.7. The van der Waals surface area contributed by atoms with Gasteiger partial charge in [0.15, 0.2) is 5.13 Å². The molecule has 0 aliphatic heterocycles. The van der Waals surface area contributed by atoms with Crippen molar-refractivity contribution < 1.29 is 9.53 Å². The molecule has 0 atom stereocenters. The number of para-hydroxylation sites is 1. The summed E-state index contributed by atoms with van der Waals surface area (Å²) in [4.78, 5) is 17.6. The predicted molar refractivity (Wildman–Crippen MR) is 107 cm³/mol. The van der Waals surface area contributed by atoms with Gasteiger partial charge in [-0.2, -0.15) is 5.10 Å². The van der Waals surface area contributed by atoms with Crippen molar-refractivity contribution in [2.75, 3.05) is 5.32 Å². The lowest BCUT2D eigenvalue weighted by molar-refractivity contribution is 0.103. The third kappa shape index (κ3) is 4.07. The van der Waals surface area contributed by atoms with Gasteiger partial charge in [-0.3, -0.25) is 14.8 Å². The molecule has 6 nitrogen and oxygen atoms in total. The number of thiophene rings is 1. The lowest BCUT2D eigenvalue weighted by Gasteiger charge is -2.03. The molecule has 0 fully saturated rings. The lowest BCUT2D eigenvalue weighted by atomic mass is 10.3. The molecule has 1 N–H and O–H groups in total. The quantitative estimate of drug-likeness (QED) is 0.523. The molecule has 0 bridgehead atoms. The number of anilines is 1. The highest BCUT2D eigenvalue weighted by atomic mass is 32.1. The van der Waals surface area contributed by atoms with Gasteiger partial charge in [-0.1, -0.05) is 18.2 Å². The molecule has 0 saturated carbocycles. The molecular formula is C19H16N4O2S2. The summed E-state index contributed by atoms with van der Waals surface area (Å²) in [5.41, 5.74) is 2.66. The average Bonchev–Trinajstić information content (AvgIpc) is 3.41. The summed E-state index contributed by atoms with van der Waals surface area (Å²) >= 11 is 2.78. The Morgan fingerprint density at radius 1 is 1.19 bits per heavy atom. The average molecular weight is 396 g/mol. The molecule has 4 rings (SSSR count). The summed E-state index contributed by atoms with van der Waals surface area (Å²) in [5, 5.41) is 11.4. The van der Waals surface area contributed by atoms with Gasteiger partial charge in [-0.05, 0) is 29.6 Å². The zero-order valence-electron chi connectivity index (χ0n) is 14.5. The molecule has 0 saturated heterocycles. The molecule has 4 aromatic rings. The number of aromatic nitrogens is 3. The highest BCUT2D eigenvalue weighted by molar-refractivity contribution is 7.14. The van der Waals surface area contributed by atoms with Crippen molar-refractivity contribution in [2.24, 2.45) is 7.05 Å². The number of nitrogens with zero attached hydrogens (tertiary/aromatic N) is 3. The molecule has 3 aromatic heterocycles. The van der Waals surface area contributed by atoms with Crippen LogP contribution in [-0.2, 0) is 13.7 Å². The Morgan fingerprint density at radius 3 is 2.81 bits per heavy atom. The van der Waals surface area contributed by atoms with Gasteiger partial charge in [0.25, 0.3) is 5.91 Å². The molecule has 136 valence electrons. The summed E-state index contributed by atoms with van der Waals surface area (Å²) in [6, 6.07) is 13.3. The largest absolute Gasteiger partial charge is 0.489 e. The first kappa shape index (κ1) is 17.4. The van der Waals surface area contributed by atoms with Gasteiger partial charge in [0.05, 0.1) is 10.6 Å². The van der Waals surface area contributed by atoms with E-state index in [9.17, 15) is 4.79 Å². The number of ether oxygens (including phenoxy) is 1. The molecule has 0 aliphatic rings. The van der Waals surface area contributed by atoms with Gasteiger partial charge in [0, 0.05) is 24.2 Å². The fraction of sp³-hybridized carbons (Fsp3) is 0.105. The number of rotatable bonds is 6. The van der Waals surface area contributed by atoms with Crippen LogP contribution in [0, 0.1) is 0 Å². The van der Waals surface area contributed by atoms with Gasteiger partial charge in [-0.25, -0.2) is 4.98 Å². The topological polar surface area (TPSA) is 69.0 Å². The van der Waals surface area contributed by atoms with E-state index in [2.05, 4.69) is 15.4 Å². The predicted octanol–water partition coefficient (Wildman–Crippen LogP) is 4.44. The third-order valence-corrected chi connectivity index (χ3v) is 5.57. The van der Waals surface area contributed by atoms with E-state index in [4.69, 9.17) is 4.74 Å². The van der Waals surface area contributed by atoms with Crippen molar-refractivity contribution in [3.05, 3.63) is 69.9 Å². The van der Waals surface area contributed by atoms with Crippen LogP contribution in [0.15, 0.2) is 59.4 Å². The van der Waals surface area contributed by atoms with Crippen LogP contribution in [0.5, 0.6) is 5.75 Å². The van der Waals surface area contributed by atoms with E-state index >= 15 is 0 Å². The van der Waals surface area contributed by atoms with Crippen molar-refractivity contribution in [1.29, 1.82) is 0 Å². The monoisotopic (exact) mass is 396 g/mol. The SMILES string of the molecule is Cn1nccc1-c1csc(NC(=O)c2cc(COc3ccccc3)cs2)n1. The minimum atomic E-state index is -0.170. The van der Waals surface area contributed by atoms with Crippen molar-refractivity contribution in [2.45, 2.75) is 6.61 Å². The van der Waals surface area contributed by atoms with Gasteiger partial charge < -0.3 is 4.74 Å². The number of thiazole rings is 1. The van der Waals surface area contributed by atoms with Gasteiger partial charge in [0.2, 0.25) is 0 Å². The van der Waals surface area contributed by atoms with E-state index in [1.165, 1.54) is 22.7 Å². The Morgan fingerprint density at radius 2 is 2.04 bits per heavy atom. The van der Waals surface area contributed by atoms with Crippen LogP contribution in [0.25, 0.3) is 11.4 Å². The van der Waals surface area contributed by atoms with Crippen LogP contribution < -0.4 is 10.1 Å². The third-order valence-electron chi connectivity index (χ3n) is 3.83. The first-order valence-electron chi connectivity index (χ1n) is 8.19. The summed E-state index contributed by atoms with van der Waals surface area (Å²) in [6.45, 7) is 0.426. The highest BCUT2D eigenvalue weighted by Crippen LogP contribution is 2.25. The number of amides is 1. The number of hydrogen-bond donors (Lipinski definition) is 1. The number of carbonyl (C=O) groups excluding carboxylic acids is 1. The van der Waals surface area contributed by atoms with Crippen molar-refractivity contribution in [3.63, 3.8) is 0 Å². The molecule has 27 heavy (non-hydrogen) atoms. The van der Waals surface area contributed by atoms with Crippen molar-refractivity contribution >= 4 is 33.7 Å². The Hall–Kier alpha value is -2.97. The van der Waals surface area contributed by atoms with Crippen molar-refractivity contribution in [1.82, 2.24) is 14.8 Å². The number of benzene rings is 1. The summed E-state index contributed by atoms with van der Waals surface area (Å²) in [7, 11) is 1.86. The van der Waals surface area contributed by atoms with Crippen LogP contribution in [-0.4, -0.2) is 20.7 Å². The van der Waals surface area contributed by atoms with Crippen LogP contribution >= 0.6 is 22.7 Å². The standard InChI is InChI=1S/C19H16N4O2S2/c1-23-16(7-8-20-23)15-12-27-19(21-15)22-18(24)17-9-13(11-26-17)10-25-14-5-3-2-4-6-14/h2-9,11-12H,10H2,1H3,(H,21,22,24). The van der Waals surface area contributed by atoms with Gasteiger partial charge >= 0.3 is 0 Å². The molecular weight excluding hydrogens is 380 g/mol. The minimum Gasteiger partial charge on any atom is -0.489 e. The maximum atomic E-state index is 12.5. The van der Waals surface area contributed by atoms with Crippen LogP contribution in [0.4, 0.5) is 5.13 Å². The molecule has 0 radical (unpaired) electrons. The molecule has 0 spiro atoms. The van der Waals surface area contributed by atoms with E-state index < -0.39 is 0 Å². The van der Waals surface area contributed by atoms with Gasteiger partial charge in [0.1, 0.15) is 18.1 Å². The van der Waals surface area contributed by atoms with Crippen LogP contribution in [0.2, 0.25) is 0 Å². The lowest BCUT2D eigenvalue weighted by Crippen LogP contribution is -2.10. The molecule has 8 heteroatoms. The fourth-order valence-corrected chi connectivity index (χ4v) is 3.98. The number of hydrogen-bond acceptors (Lipinski definition) is 6. The Labute approximate surface area is 164 Å². The second-order valence-corrected chi connectivity index (χ2v) is 7.52. The first-order chi connectivity index (χ1) is 13.2. The maximum Gasteiger partial charge on any atom is 0.267 e. The van der Waals surface area contributed by atoms with E-state index in [0.717, 1.165) is 22.7 Å². The smallest absolute Gasteiger partial charge is 0.267 e. The second kappa shape index (κ2) is 7.73. The Bertz CT molecular complexity index is 1050. The number of carbonyl (C=O) groups is 1. The number of nitrogens with one attached hydrogen (secondary N) is 1. The summed E-state index contributed by atoms with van der Waals surface area (Å²) in [6.07, 6.45) is 1.72. The molecule has 1 amide bonds. The zero-order chi connectivity index (χ0) is 18.6. The summed E-state index contributed by atoms with van der Waals surface area (Å²) in [5.74, 6) is 0.636. The maximum absolute atomic E-state index is 12.5. The van der Waals surface area contributed by atoms with E-state index in [1.807, 2.05) is 60.3 Å². The fourth-order valence-electron chi connectivity index (χ4n) is 2.49. The number of aryl methyl sites for hydroxylation is 1. The molecule has 3 heterocycles. The van der Waals surface area contributed by atoms with Crippen LogP contribution in [0.3, 0.4) is 0 Å². The highest BCUT2D eigenvalue weighted by Gasteiger charge is 2.13. The van der Waals surface area contributed by atoms with Gasteiger partial charge in [-0.15, -0.1) is 22.7 Å². The zero-order valence-corrected chi connectivity index (χ0v) is 16.1. The van der Waals surface area contributed by atoms with Crippen LogP contribution in [0.1, 0.15) is 15.2 Å². The molecule has 1 aromatic carbocycles. The molecule has 0 unspecified atom stereocenters. The molecule has 0 aliphatic carbocycles. The summed E-state index contributed by atoms with van der Waals surface area (Å²) < 4.78 is 7.46. The van der Waals surface area contributed by atoms with Crippen molar-refractivity contribution in [3.8, 4) is 17.1 Å².